The SMILES string of the molecule is O=C(Nc1ccccc1)c1ccc2c(c1)c(=O)c(C(=O)O)cn2CCO. The molecule has 0 aliphatic rings. The van der Waals surface area contributed by atoms with Gasteiger partial charge in [-0.15, -0.1) is 0 Å². The summed E-state index contributed by atoms with van der Waals surface area (Å²) in [5.41, 5.74) is 0.207. The lowest BCUT2D eigenvalue weighted by atomic mass is 10.1. The molecule has 7 nitrogen and oxygen atoms in total. The van der Waals surface area contributed by atoms with Crippen molar-refractivity contribution >= 4 is 28.5 Å². The number of carbonyl (C=O) groups excluding carboxylic acids is 1. The zero-order chi connectivity index (χ0) is 18.7. The minimum absolute atomic E-state index is 0.110. The van der Waals surface area contributed by atoms with E-state index in [0.717, 1.165) is 0 Å². The van der Waals surface area contributed by atoms with E-state index < -0.39 is 22.9 Å². The highest BCUT2D eigenvalue weighted by molar-refractivity contribution is 6.06. The maximum Gasteiger partial charge on any atom is 0.341 e. The maximum absolute atomic E-state index is 12.5. The van der Waals surface area contributed by atoms with Crippen molar-refractivity contribution in [3.63, 3.8) is 0 Å². The lowest BCUT2D eigenvalue weighted by molar-refractivity contribution is 0.0694. The summed E-state index contributed by atoms with van der Waals surface area (Å²) in [6, 6.07) is 13.3. The van der Waals surface area contributed by atoms with Crippen molar-refractivity contribution in [3.8, 4) is 0 Å². The molecule has 0 aliphatic heterocycles. The quantitative estimate of drug-likeness (QED) is 0.650. The minimum atomic E-state index is -1.36. The van der Waals surface area contributed by atoms with E-state index in [4.69, 9.17) is 0 Å². The van der Waals surface area contributed by atoms with Crippen LogP contribution in [0.3, 0.4) is 0 Å². The van der Waals surface area contributed by atoms with Gasteiger partial charge in [-0.1, -0.05) is 18.2 Å². The van der Waals surface area contributed by atoms with Crippen LogP contribution in [0.25, 0.3) is 10.9 Å². The maximum atomic E-state index is 12.5. The number of carboxylic acid groups (broad SMARTS) is 1. The lowest BCUT2D eigenvalue weighted by Gasteiger charge is -2.12. The number of rotatable bonds is 5. The van der Waals surface area contributed by atoms with Gasteiger partial charge in [0, 0.05) is 29.4 Å². The molecule has 0 fully saturated rings. The highest BCUT2D eigenvalue weighted by atomic mass is 16.4. The van der Waals surface area contributed by atoms with Gasteiger partial charge in [0.2, 0.25) is 5.43 Å². The van der Waals surface area contributed by atoms with Crippen molar-refractivity contribution in [2.75, 3.05) is 11.9 Å². The van der Waals surface area contributed by atoms with Gasteiger partial charge in [0.25, 0.3) is 5.91 Å². The number of nitrogens with one attached hydrogen (secondary N) is 1. The largest absolute Gasteiger partial charge is 0.477 e. The molecular formula is C19H16N2O5. The molecule has 3 N–H and O–H groups in total. The van der Waals surface area contributed by atoms with E-state index in [1.165, 1.54) is 16.8 Å². The molecule has 0 saturated carbocycles. The molecule has 7 heteroatoms. The fourth-order valence-corrected chi connectivity index (χ4v) is 2.71. The number of aliphatic hydroxyl groups is 1. The van der Waals surface area contributed by atoms with Gasteiger partial charge in [-0.25, -0.2) is 4.79 Å². The van der Waals surface area contributed by atoms with Gasteiger partial charge in [-0.05, 0) is 30.3 Å². The van der Waals surface area contributed by atoms with E-state index in [-0.39, 0.29) is 24.1 Å². The van der Waals surface area contributed by atoms with Crippen molar-refractivity contribution in [2.45, 2.75) is 6.54 Å². The number of hydrogen-bond donors (Lipinski definition) is 3. The van der Waals surface area contributed by atoms with Crippen LogP contribution in [0.4, 0.5) is 5.69 Å². The van der Waals surface area contributed by atoms with Crippen LogP contribution in [0.5, 0.6) is 0 Å². The number of aliphatic hydroxyl groups excluding tert-OH is 1. The fraction of sp³-hybridized carbons (Fsp3) is 0.105. The molecule has 0 saturated heterocycles. The Morgan fingerprint density at radius 2 is 1.81 bits per heavy atom. The Morgan fingerprint density at radius 1 is 1.08 bits per heavy atom. The molecule has 0 unspecified atom stereocenters. The molecular weight excluding hydrogens is 336 g/mol. The van der Waals surface area contributed by atoms with Gasteiger partial charge in [0.1, 0.15) is 5.56 Å². The monoisotopic (exact) mass is 352 g/mol. The number of hydrogen-bond acceptors (Lipinski definition) is 4. The molecule has 1 aromatic heterocycles. The third-order valence-corrected chi connectivity index (χ3v) is 3.95. The molecule has 1 amide bonds. The number of aromatic carboxylic acids is 1. The number of carboxylic acids is 1. The number of anilines is 1. The zero-order valence-electron chi connectivity index (χ0n) is 13.7. The van der Waals surface area contributed by atoms with Crippen molar-refractivity contribution < 1.29 is 19.8 Å². The number of benzene rings is 2. The Hall–Kier alpha value is -3.45. The summed E-state index contributed by atoms with van der Waals surface area (Å²) < 4.78 is 1.49. The average Bonchev–Trinajstić information content (AvgIpc) is 2.64. The Balaban J connectivity index is 2.09. The molecule has 0 radical (unpaired) electrons. The number of para-hydroxylation sites is 1. The van der Waals surface area contributed by atoms with Crippen LogP contribution >= 0.6 is 0 Å². The number of fused-ring (bicyclic) bond motifs is 1. The minimum Gasteiger partial charge on any atom is -0.477 e. The second-order valence-electron chi connectivity index (χ2n) is 5.65. The number of carbonyl (C=O) groups is 2. The van der Waals surface area contributed by atoms with Gasteiger partial charge >= 0.3 is 5.97 Å². The molecule has 0 aliphatic carbocycles. The molecule has 26 heavy (non-hydrogen) atoms. The summed E-state index contributed by atoms with van der Waals surface area (Å²) in [6.45, 7) is -0.0834. The smallest absolute Gasteiger partial charge is 0.341 e. The predicted octanol–water partition coefficient (Wildman–Crippen LogP) is 1.94. The van der Waals surface area contributed by atoms with E-state index >= 15 is 0 Å². The van der Waals surface area contributed by atoms with Crippen LogP contribution in [-0.2, 0) is 6.54 Å². The van der Waals surface area contributed by atoms with Crippen LogP contribution in [0, 0.1) is 0 Å². The normalized spacial score (nSPS) is 10.7. The molecule has 0 bridgehead atoms. The first kappa shape index (κ1) is 17.4. The molecule has 3 aromatic rings. The first-order chi connectivity index (χ1) is 12.5. The number of amides is 1. The summed E-state index contributed by atoms with van der Waals surface area (Å²) >= 11 is 0. The van der Waals surface area contributed by atoms with E-state index in [1.54, 1.807) is 36.4 Å². The van der Waals surface area contributed by atoms with Gasteiger partial charge in [0.05, 0.1) is 12.1 Å². The van der Waals surface area contributed by atoms with Crippen molar-refractivity contribution in [1.82, 2.24) is 4.57 Å². The van der Waals surface area contributed by atoms with E-state index in [1.807, 2.05) is 6.07 Å². The Morgan fingerprint density at radius 3 is 2.46 bits per heavy atom. The fourth-order valence-electron chi connectivity index (χ4n) is 2.71. The first-order valence-corrected chi connectivity index (χ1v) is 7.89. The van der Waals surface area contributed by atoms with E-state index in [9.17, 15) is 24.6 Å². The topological polar surface area (TPSA) is 109 Å². The van der Waals surface area contributed by atoms with Crippen molar-refractivity contribution in [3.05, 3.63) is 76.1 Å². The molecule has 2 aromatic carbocycles. The summed E-state index contributed by atoms with van der Waals surface area (Å²) in [5.74, 6) is -1.77. The average molecular weight is 352 g/mol. The first-order valence-electron chi connectivity index (χ1n) is 7.89. The summed E-state index contributed by atoms with van der Waals surface area (Å²) in [6.07, 6.45) is 1.20. The highest BCUT2D eigenvalue weighted by Gasteiger charge is 2.16. The Labute approximate surface area is 148 Å². The summed E-state index contributed by atoms with van der Waals surface area (Å²) in [7, 11) is 0. The molecule has 3 rings (SSSR count). The molecule has 0 atom stereocenters. The lowest BCUT2D eigenvalue weighted by Crippen LogP contribution is -2.20. The van der Waals surface area contributed by atoms with Crippen LogP contribution in [-0.4, -0.2) is 33.3 Å². The predicted molar refractivity (Wildman–Crippen MR) is 96.6 cm³/mol. The van der Waals surface area contributed by atoms with E-state index in [2.05, 4.69) is 5.32 Å². The van der Waals surface area contributed by atoms with E-state index in [0.29, 0.717) is 11.2 Å². The highest BCUT2D eigenvalue weighted by Crippen LogP contribution is 2.16. The molecule has 132 valence electrons. The molecule has 1 heterocycles. The Kier molecular flexibility index (Phi) is 4.81. The second-order valence-corrected chi connectivity index (χ2v) is 5.65. The van der Waals surface area contributed by atoms with Gasteiger partial charge < -0.3 is 20.1 Å². The van der Waals surface area contributed by atoms with Crippen LogP contribution in [0.15, 0.2) is 59.5 Å². The Bertz CT molecular complexity index is 1040. The standard InChI is InChI=1S/C19H16N2O5/c22-9-8-21-11-15(19(25)26)17(23)14-10-12(6-7-16(14)21)18(24)20-13-4-2-1-3-5-13/h1-7,10-11,22H,8-9H2,(H,20,24)(H,25,26). The number of pyridine rings is 1. The van der Waals surface area contributed by atoms with Crippen LogP contribution in [0.2, 0.25) is 0 Å². The summed E-state index contributed by atoms with van der Waals surface area (Å²) in [5, 5.41) is 21.2. The zero-order valence-corrected chi connectivity index (χ0v) is 13.7. The van der Waals surface area contributed by atoms with Crippen LogP contribution in [0.1, 0.15) is 20.7 Å². The van der Waals surface area contributed by atoms with Gasteiger partial charge in [-0.3, -0.25) is 9.59 Å². The van der Waals surface area contributed by atoms with Gasteiger partial charge in [-0.2, -0.15) is 0 Å². The van der Waals surface area contributed by atoms with Gasteiger partial charge in [0.15, 0.2) is 0 Å². The van der Waals surface area contributed by atoms with Crippen LogP contribution < -0.4 is 10.7 Å². The van der Waals surface area contributed by atoms with Crippen molar-refractivity contribution in [2.24, 2.45) is 0 Å². The number of aromatic nitrogens is 1. The second kappa shape index (κ2) is 7.20. The third-order valence-electron chi connectivity index (χ3n) is 3.95. The third kappa shape index (κ3) is 3.33. The molecule has 0 spiro atoms. The summed E-state index contributed by atoms with van der Waals surface area (Å²) in [4.78, 5) is 36.2. The number of nitrogens with zero attached hydrogens (tertiary/aromatic N) is 1. The van der Waals surface area contributed by atoms with Crippen molar-refractivity contribution in [1.29, 1.82) is 0 Å².